The predicted octanol–water partition coefficient (Wildman–Crippen LogP) is 2.75. The van der Waals surface area contributed by atoms with Gasteiger partial charge >= 0.3 is 0 Å². The molecule has 1 atom stereocenters. The van der Waals surface area contributed by atoms with Gasteiger partial charge in [0.05, 0.1) is 5.69 Å². The Morgan fingerprint density at radius 3 is 2.93 bits per heavy atom. The molecule has 0 aromatic heterocycles. The van der Waals surface area contributed by atoms with Crippen LogP contribution in [0.4, 0.5) is 5.69 Å². The molecule has 0 N–H and O–H groups in total. The van der Waals surface area contributed by atoms with E-state index in [4.69, 9.17) is 0 Å². The Balaban J connectivity index is 2.42. The summed E-state index contributed by atoms with van der Waals surface area (Å²) in [6.07, 6.45) is 3.67. The standard InChI is InChI=1S/C11H10N2O/c1-8(14)10-7-6-9-4-2-3-5-11(9)13-12-10/h2-7,10H,1H3. The van der Waals surface area contributed by atoms with Gasteiger partial charge in [0.1, 0.15) is 6.04 Å². The highest BCUT2D eigenvalue weighted by Gasteiger charge is 2.11. The first-order valence-electron chi connectivity index (χ1n) is 4.46. The minimum absolute atomic E-state index is 0.0119. The van der Waals surface area contributed by atoms with Gasteiger partial charge in [-0.1, -0.05) is 30.4 Å². The van der Waals surface area contributed by atoms with E-state index in [-0.39, 0.29) is 5.78 Å². The van der Waals surface area contributed by atoms with Crippen molar-refractivity contribution in [3.8, 4) is 0 Å². The molecule has 1 aliphatic heterocycles. The second kappa shape index (κ2) is 3.54. The summed E-state index contributed by atoms with van der Waals surface area (Å²) < 4.78 is 0. The molecule has 1 heterocycles. The minimum Gasteiger partial charge on any atom is -0.297 e. The number of hydrogen-bond acceptors (Lipinski definition) is 3. The Labute approximate surface area is 82.2 Å². The minimum atomic E-state index is -0.428. The highest BCUT2D eigenvalue weighted by Crippen LogP contribution is 2.24. The Hall–Kier alpha value is -1.77. The lowest BCUT2D eigenvalue weighted by Crippen LogP contribution is -2.10. The zero-order chi connectivity index (χ0) is 9.97. The molecule has 3 heteroatoms. The summed E-state index contributed by atoms with van der Waals surface area (Å²) in [5.41, 5.74) is 1.81. The van der Waals surface area contributed by atoms with E-state index < -0.39 is 6.04 Å². The lowest BCUT2D eigenvalue weighted by Gasteiger charge is -1.96. The van der Waals surface area contributed by atoms with Crippen molar-refractivity contribution in [2.24, 2.45) is 10.2 Å². The lowest BCUT2D eigenvalue weighted by molar-refractivity contribution is -0.117. The van der Waals surface area contributed by atoms with E-state index in [1.54, 1.807) is 6.08 Å². The maximum absolute atomic E-state index is 11.1. The number of azo groups is 1. The fourth-order valence-corrected chi connectivity index (χ4v) is 1.29. The maximum Gasteiger partial charge on any atom is 0.160 e. The molecule has 0 amide bonds. The van der Waals surface area contributed by atoms with Crippen LogP contribution in [0.1, 0.15) is 12.5 Å². The average molecular weight is 186 g/mol. The van der Waals surface area contributed by atoms with Crippen LogP contribution in [0.2, 0.25) is 0 Å². The van der Waals surface area contributed by atoms with Crippen molar-refractivity contribution in [1.29, 1.82) is 0 Å². The summed E-state index contributed by atoms with van der Waals surface area (Å²) >= 11 is 0. The van der Waals surface area contributed by atoms with Crippen molar-refractivity contribution in [3.63, 3.8) is 0 Å². The number of carbonyl (C=O) groups is 1. The second-order valence-corrected chi connectivity index (χ2v) is 3.19. The zero-order valence-corrected chi connectivity index (χ0v) is 7.84. The third kappa shape index (κ3) is 1.62. The Morgan fingerprint density at radius 2 is 2.14 bits per heavy atom. The predicted molar refractivity (Wildman–Crippen MR) is 54.5 cm³/mol. The quantitative estimate of drug-likeness (QED) is 0.664. The highest BCUT2D eigenvalue weighted by molar-refractivity contribution is 5.85. The molecule has 14 heavy (non-hydrogen) atoms. The third-order valence-corrected chi connectivity index (χ3v) is 2.10. The van der Waals surface area contributed by atoms with Crippen LogP contribution in [0.25, 0.3) is 6.08 Å². The first-order chi connectivity index (χ1) is 6.77. The van der Waals surface area contributed by atoms with Crippen molar-refractivity contribution in [2.45, 2.75) is 13.0 Å². The van der Waals surface area contributed by atoms with Gasteiger partial charge in [0.25, 0.3) is 0 Å². The second-order valence-electron chi connectivity index (χ2n) is 3.19. The number of benzene rings is 1. The number of ketones is 1. The lowest BCUT2D eigenvalue weighted by atomic mass is 10.1. The van der Waals surface area contributed by atoms with E-state index >= 15 is 0 Å². The van der Waals surface area contributed by atoms with E-state index in [2.05, 4.69) is 10.2 Å². The number of rotatable bonds is 1. The summed E-state index contributed by atoms with van der Waals surface area (Å²) in [6.45, 7) is 1.52. The van der Waals surface area contributed by atoms with Gasteiger partial charge < -0.3 is 0 Å². The third-order valence-electron chi connectivity index (χ3n) is 2.10. The van der Waals surface area contributed by atoms with Gasteiger partial charge in [0.15, 0.2) is 5.78 Å². The summed E-state index contributed by atoms with van der Waals surface area (Å²) in [7, 11) is 0. The summed E-state index contributed by atoms with van der Waals surface area (Å²) in [5.74, 6) is 0.0119. The molecule has 0 saturated carbocycles. The number of fused-ring (bicyclic) bond motifs is 1. The van der Waals surface area contributed by atoms with Crippen LogP contribution in [0.5, 0.6) is 0 Å². The van der Waals surface area contributed by atoms with E-state index in [9.17, 15) is 4.79 Å². The SMILES string of the molecule is CC(=O)C1C=Cc2ccccc2N=N1. The molecule has 0 aliphatic carbocycles. The number of carbonyl (C=O) groups excluding carboxylic acids is 1. The van der Waals surface area contributed by atoms with Crippen LogP contribution in [0.15, 0.2) is 40.6 Å². The smallest absolute Gasteiger partial charge is 0.160 e. The Kier molecular flexibility index (Phi) is 2.23. The van der Waals surface area contributed by atoms with Crippen molar-refractivity contribution in [1.82, 2.24) is 0 Å². The fourth-order valence-electron chi connectivity index (χ4n) is 1.29. The fraction of sp³-hybridized carbons (Fsp3) is 0.182. The number of nitrogens with zero attached hydrogens (tertiary/aromatic N) is 2. The molecule has 1 aromatic rings. The van der Waals surface area contributed by atoms with Gasteiger partial charge in [-0.25, -0.2) is 0 Å². The van der Waals surface area contributed by atoms with Crippen molar-refractivity contribution < 1.29 is 4.79 Å². The van der Waals surface area contributed by atoms with Crippen molar-refractivity contribution in [2.75, 3.05) is 0 Å². The summed E-state index contributed by atoms with van der Waals surface area (Å²) in [4.78, 5) is 11.1. The first kappa shape index (κ1) is 8.81. The van der Waals surface area contributed by atoms with Crippen LogP contribution in [0, 0.1) is 0 Å². The molecule has 0 bridgehead atoms. The number of Topliss-reactive ketones (excluding diaryl/α,β-unsaturated/α-hetero) is 1. The van der Waals surface area contributed by atoms with Crippen LogP contribution in [-0.2, 0) is 4.79 Å². The van der Waals surface area contributed by atoms with Crippen LogP contribution >= 0.6 is 0 Å². The van der Waals surface area contributed by atoms with Crippen molar-refractivity contribution in [3.05, 3.63) is 35.9 Å². The zero-order valence-electron chi connectivity index (χ0n) is 7.84. The molecular formula is C11H10N2O. The van der Waals surface area contributed by atoms with Crippen LogP contribution in [-0.4, -0.2) is 11.8 Å². The first-order valence-corrected chi connectivity index (χ1v) is 4.46. The van der Waals surface area contributed by atoms with Gasteiger partial charge in [0, 0.05) is 5.56 Å². The molecule has 0 saturated heterocycles. The van der Waals surface area contributed by atoms with Gasteiger partial charge in [0.2, 0.25) is 0 Å². The average Bonchev–Trinajstić information content (AvgIpc) is 2.39. The summed E-state index contributed by atoms with van der Waals surface area (Å²) in [5, 5.41) is 7.98. The molecule has 0 fully saturated rings. The topological polar surface area (TPSA) is 41.8 Å². The van der Waals surface area contributed by atoms with Gasteiger partial charge in [-0.3, -0.25) is 4.79 Å². The molecule has 1 unspecified atom stereocenters. The number of hydrogen-bond donors (Lipinski definition) is 0. The molecule has 3 nitrogen and oxygen atoms in total. The highest BCUT2D eigenvalue weighted by atomic mass is 16.1. The molecule has 0 spiro atoms. The van der Waals surface area contributed by atoms with E-state index in [1.807, 2.05) is 30.3 Å². The van der Waals surface area contributed by atoms with E-state index in [0.717, 1.165) is 11.3 Å². The largest absolute Gasteiger partial charge is 0.297 e. The van der Waals surface area contributed by atoms with Gasteiger partial charge in [-0.05, 0) is 13.0 Å². The molecule has 0 radical (unpaired) electrons. The van der Waals surface area contributed by atoms with Crippen LogP contribution in [0.3, 0.4) is 0 Å². The molecule has 1 aromatic carbocycles. The summed E-state index contributed by atoms with van der Waals surface area (Å²) in [6, 6.07) is 7.24. The molecule has 70 valence electrons. The van der Waals surface area contributed by atoms with Gasteiger partial charge in [-0.15, -0.1) is 0 Å². The van der Waals surface area contributed by atoms with Gasteiger partial charge in [-0.2, -0.15) is 10.2 Å². The molecular weight excluding hydrogens is 176 g/mol. The van der Waals surface area contributed by atoms with Crippen LogP contribution < -0.4 is 0 Å². The molecule has 1 aliphatic rings. The molecule has 2 rings (SSSR count). The monoisotopic (exact) mass is 186 g/mol. The van der Waals surface area contributed by atoms with E-state index in [1.165, 1.54) is 6.92 Å². The van der Waals surface area contributed by atoms with Crippen molar-refractivity contribution >= 4 is 17.5 Å². The Morgan fingerprint density at radius 1 is 1.36 bits per heavy atom. The Bertz CT molecular complexity index is 388. The maximum atomic E-state index is 11.1. The van der Waals surface area contributed by atoms with E-state index in [0.29, 0.717) is 0 Å². The normalized spacial score (nSPS) is 18.8.